The molecule has 2 aromatic carbocycles. The molecule has 2 N–H and O–H groups in total. The van der Waals surface area contributed by atoms with Crippen molar-refractivity contribution in [3.63, 3.8) is 0 Å². The highest BCUT2D eigenvalue weighted by molar-refractivity contribution is 14.2. The Labute approximate surface area is 235 Å². The van der Waals surface area contributed by atoms with Crippen LogP contribution in [-0.2, 0) is 6.54 Å². The quantitative estimate of drug-likeness (QED) is 0.230. The molecular formula is C29H34IN7O. The van der Waals surface area contributed by atoms with Gasteiger partial charge in [-0.25, -0.2) is 9.97 Å². The fraction of sp³-hybridized carbons (Fsp3) is 0.276. The molecule has 2 heterocycles. The molecule has 0 unspecified atom stereocenters. The molecular weight excluding hydrogens is 589 g/mol. The number of likely N-dealkylation sites (N-methyl/N-ethyl adjacent to an activating group) is 1. The molecule has 8 nitrogen and oxygen atoms in total. The van der Waals surface area contributed by atoms with Crippen molar-refractivity contribution >= 4 is 49.8 Å². The number of rotatable bonds is 9. The number of nitrogens with one attached hydrogen (secondary N) is 2. The highest BCUT2D eigenvalue weighted by atomic mass is 127. The smallest absolute Gasteiger partial charge is 0.255 e. The van der Waals surface area contributed by atoms with Crippen molar-refractivity contribution in [3.8, 4) is 0 Å². The van der Waals surface area contributed by atoms with E-state index < -0.39 is 0 Å². The SMILES string of the molecule is C=C/C(=C\I=NC)c1ccnc(Nc2cc(C(=O)Nc3ccc(CN4CCN(C)CC4)cc3)ccc2C)n1. The van der Waals surface area contributed by atoms with Crippen LogP contribution in [0.5, 0.6) is 0 Å². The number of allylic oxidation sites excluding steroid dienone is 2. The maximum absolute atomic E-state index is 13.0. The second-order valence-corrected chi connectivity index (χ2v) is 11.3. The molecule has 198 valence electrons. The van der Waals surface area contributed by atoms with Gasteiger partial charge in [0.05, 0.1) is 5.69 Å². The van der Waals surface area contributed by atoms with Gasteiger partial charge in [-0.15, -0.1) is 0 Å². The first-order valence-corrected chi connectivity index (χ1v) is 14.7. The molecule has 3 aromatic rings. The van der Waals surface area contributed by atoms with Crippen LogP contribution in [0.4, 0.5) is 17.3 Å². The minimum atomic E-state index is -0.388. The Bertz CT molecular complexity index is 1330. The van der Waals surface area contributed by atoms with Crippen molar-refractivity contribution < 1.29 is 4.79 Å². The van der Waals surface area contributed by atoms with Crippen LogP contribution in [0.2, 0.25) is 0 Å². The molecule has 0 bridgehead atoms. The third-order valence-corrected chi connectivity index (χ3v) is 7.90. The third-order valence-electron chi connectivity index (χ3n) is 6.40. The van der Waals surface area contributed by atoms with Crippen molar-refractivity contribution in [2.45, 2.75) is 13.5 Å². The molecule has 1 amide bonds. The lowest BCUT2D eigenvalue weighted by Crippen LogP contribution is -2.43. The summed E-state index contributed by atoms with van der Waals surface area (Å²) in [7, 11) is 3.98. The number of halogens is 1. The summed E-state index contributed by atoms with van der Waals surface area (Å²) < 4.78 is 6.30. The molecule has 38 heavy (non-hydrogen) atoms. The van der Waals surface area contributed by atoms with Gasteiger partial charge in [0.1, 0.15) is 0 Å². The highest BCUT2D eigenvalue weighted by Crippen LogP contribution is 2.23. The summed E-state index contributed by atoms with van der Waals surface area (Å²) in [6.45, 7) is 11.2. The molecule has 1 saturated heterocycles. The number of carbonyl (C=O) groups is 1. The van der Waals surface area contributed by atoms with Crippen molar-refractivity contribution in [3.05, 3.63) is 93.8 Å². The van der Waals surface area contributed by atoms with Crippen LogP contribution < -0.4 is 10.6 Å². The Kier molecular flexibility index (Phi) is 9.85. The van der Waals surface area contributed by atoms with Gasteiger partial charge in [0, 0.05) is 89.5 Å². The zero-order valence-corrected chi connectivity index (χ0v) is 24.3. The monoisotopic (exact) mass is 623 g/mol. The van der Waals surface area contributed by atoms with Gasteiger partial charge in [-0.05, 0) is 59.5 Å². The summed E-state index contributed by atoms with van der Waals surface area (Å²) in [5, 5.41) is 6.28. The number of hydrogen-bond acceptors (Lipinski definition) is 7. The molecule has 1 aromatic heterocycles. The Morgan fingerprint density at radius 2 is 1.89 bits per heavy atom. The normalized spacial score (nSPS) is 15.2. The fourth-order valence-electron chi connectivity index (χ4n) is 4.07. The molecule has 4 rings (SSSR count). The van der Waals surface area contributed by atoms with Crippen molar-refractivity contribution in [1.82, 2.24) is 19.8 Å². The first kappa shape index (κ1) is 27.7. The number of amides is 1. The minimum Gasteiger partial charge on any atom is -0.324 e. The van der Waals surface area contributed by atoms with E-state index in [0.717, 1.165) is 60.9 Å². The summed E-state index contributed by atoms with van der Waals surface area (Å²) in [5.41, 5.74) is 6.05. The zero-order chi connectivity index (χ0) is 26.9. The second-order valence-electron chi connectivity index (χ2n) is 9.19. The van der Waals surface area contributed by atoms with Crippen LogP contribution >= 0.6 is 21.0 Å². The predicted octanol–water partition coefficient (Wildman–Crippen LogP) is 5.84. The van der Waals surface area contributed by atoms with Crippen LogP contribution in [0.3, 0.4) is 0 Å². The molecule has 9 heteroatoms. The van der Waals surface area contributed by atoms with E-state index in [-0.39, 0.29) is 26.9 Å². The minimum absolute atomic E-state index is 0.168. The molecule has 0 aliphatic carbocycles. The van der Waals surface area contributed by atoms with E-state index in [9.17, 15) is 4.79 Å². The molecule has 1 fully saturated rings. The summed E-state index contributed by atoms with van der Waals surface area (Å²) in [6.07, 6.45) is 3.49. The maximum atomic E-state index is 13.0. The van der Waals surface area contributed by atoms with Crippen molar-refractivity contribution in [2.75, 3.05) is 50.9 Å². The highest BCUT2D eigenvalue weighted by Gasteiger charge is 2.14. The Morgan fingerprint density at radius 1 is 1.13 bits per heavy atom. The van der Waals surface area contributed by atoms with E-state index in [4.69, 9.17) is 0 Å². The van der Waals surface area contributed by atoms with Gasteiger partial charge < -0.3 is 15.5 Å². The standard InChI is InChI=1S/C29H34IN7O/c1-5-23(19-30-31-3)26-12-13-32-29(34-26)35-27-18-24(9-6-21(27)2)28(38)33-25-10-7-22(8-11-25)20-37-16-14-36(4)15-17-37/h5-13,18-19H,1,14-17,20H2,2-4H3,(H,33,38)(H,32,34,35)/b23-19+. The van der Waals surface area contributed by atoms with E-state index in [1.165, 1.54) is 5.56 Å². The van der Waals surface area contributed by atoms with E-state index >= 15 is 0 Å². The summed E-state index contributed by atoms with van der Waals surface area (Å²) in [4.78, 5) is 26.9. The van der Waals surface area contributed by atoms with Gasteiger partial charge in [0.15, 0.2) is 0 Å². The maximum Gasteiger partial charge on any atom is 0.255 e. The number of aromatic nitrogens is 2. The first-order valence-electron chi connectivity index (χ1n) is 12.5. The average Bonchev–Trinajstić information content (AvgIpc) is 2.93. The molecule has 0 spiro atoms. The van der Waals surface area contributed by atoms with Crippen LogP contribution in [0, 0.1) is 6.92 Å². The number of nitrogens with zero attached hydrogens (tertiary/aromatic N) is 5. The summed E-state index contributed by atoms with van der Waals surface area (Å²) in [6, 6.07) is 15.5. The van der Waals surface area contributed by atoms with Gasteiger partial charge in [-0.2, -0.15) is 0 Å². The molecule has 0 atom stereocenters. The van der Waals surface area contributed by atoms with E-state index in [1.807, 2.05) is 50.4 Å². The van der Waals surface area contributed by atoms with Gasteiger partial charge in [-0.3, -0.25) is 12.8 Å². The summed E-state index contributed by atoms with van der Waals surface area (Å²) >= 11 is -0.388. The fourth-order valence-corrected chi connectivity index (χ4v) is 5.22. The Hall–Kier alpha value is -3.28. The van der Waals surface area contributed by atoms with Crippen LogP contribution in [0.1, 0.15) is 27.2 Å². The lowest BCUT2D eigenvalue weighted by molar-refractivity contribution is 0.102. The Morgan fingerprint density at radius 3 is 2.61 bits per heavy atom. The van der Waals surface area contributed by atoms with Gasteiger partial charge in [-0.1, -0.05) is 30.9 Å². The molecule has 1 aliphatic rings. The van der Waals surface area contributed by atoms with Crippen molar-refractivity contribution in [2.24, 2.45) is 3.15 Å². The topological polar surface area (TPSA) is 85.7 Å². The lowest BCUT2D eigenvalue weighted by atomic mass is 10.1. The number of carbonyl (C=O) groups excluding carboxylic acids is 1. The van der Waals surface area contributed by atoms with Gasteiger partial charge in [0.2, 0.25) is 5.95 Å². The molecule has 0 saturated carbocycles. The third kappa shape index (κ3) is 7.62. The van der Waals surface area contributed by atoms with Gasteiger partial charge in [0.25, 0.3) is 5.91 Å². The largest absolute Gasteiger partial charge is 0.324 e. The molecule has 1 aliphatic heterocycles. The van der Waals surface area contributed by atoms with E-state index in [1.54, 1.807) is 12.3 Å². The lowest BCUT2D eigenvalue weighted by Gasteiger charge is -2.32. The van der Waals surface area contributed by atoms with Gasteiger partial charge >= 0.3 is 0 Å². The average molecular weight is 624 g/mol. The van der Waals surface area contributed by atoms with E-state index in [0.29, 0.717) is 11.5 Å². The number of aryl methyl sites for hydroxylation is 1. The Balaban J connectivity index is 1.42. The summed E-state index contributed by atoms with van der Waals surface area (Å²) in [5.74, 6) is 0.289. The predicted molar refractivity (Wildman–Crippen MR) is 164 cm³/mol. The zero-order valence-electron chi connectivity index (χ0n) is 22.1. The number of piperazine rings is 1. The number of anilines is 3. The van der Waals surface area contributed by atoms with Crippen molar-refractivity contribution in [1.29, 1.82) is 0 Å². The first-order chi connectivity index (χ1) is 18.4. The van der Waals surface area contributed by atoms with Crippen LogP contribution in [-0.4, -0.2) is 65.9 Å². The van der Waals surface area contributed by atoms with Crippen LogP contribution in [0.15, 0.2) is 74.6 Å². The number of hydrogen-bond donors (Lipinski definition) is 2. The second kappa shape index (κ2) is 13.5. The van der Waals surface area contributed by atoms with Crippen LogP contribution in [0.25, 0.3) is 5.57 Å². The number of benzene rings is 2. The van der Waals surface area contributed by atoms with E-state index in [2.05, 4.69) is 63.4 Å². The molecule has 0 radical (unpaired) electrons.